The van der Waals surface area contributed by atoms with Crippen LogP contribution in [0.4, 0.5) is 0 Å². The van der Waals surface area contributed by atoms with Crippen LogP contribution in [0.25, 0.3) is 0 Å². The third-order valence-electron chi connectivity index (χ3n) is 2.44. The standard InChI is InChI=1S/C12H24O4/c1-2-3-4-5-6-7-8-12(15)16-11(9-13)10-14/h11,13-14H,2-10H2,1H3. The second-order valence-electron chi connectivity index (χ2n) is 3.99. The van der Waals surface area contributed by atoms with Crippen LogP contribution in [-0.4, -0.2) is 35.5 Å². The van der Waals surface area contributed by atoms with Crippen LogP contribution in [0.3, 0.4) is 0 Å². The molecule has 0 unspecified atom stereocenters. The molecule has 0 aliphatic rings. The first kappa shape index (κ1) is 15.4. The van der Waals surface area contributed by atoms with Crippen LogP contribution >= 0.6 is 0 Å². The Bertz CT molecular complexity index is 166. The summed E-state index contributed by atoms with van der Waals surface area (Å²) in [5.41, 5.74) is 0. The highest BCUT2D eigenvalue weighted by Gasteiger charge is 2.11. The van der Waals surface area contributed by atoms with Gasteiger partial charge in [-0.3, -0.25) is 4.79 Å². The molecule has 4 heteroatoms. The summed E-state index contributed by atoms with van der Waals surface area (Å²) in [6, 6.07) is 0. The van der Waals surface area contributed by atoms with Crippen LogP contribution in [0.1, 0.15) is 51.9 Å². The molecule has 0 saturated heterocycles. The molecule has 0 radical (unpaired) electrons. The molecule has 16 heavy (non-hydrogen) atoms. The number of carbonyl (C=O) groups excluding carboxylic acids is 1. The van der Waals surface area contributed by atoms with E-state index in [9.17, 15) is 4.79 Å². The minimum absolute atomic E-state index is 0.321. The second kappa shape index (κ2) is 10.9. The maximum atomic E-state index is 11.2. The molecule has 0 aromatic rings. The van der Waals surface area contributed by atoms with Crippen molar-refractivity contribution in [3.05, 3.63) is 0 Å². The molecule has 0 aromatic heterocycles. The maximum absolute atomic E-state index is 11.2. The van der Waals surface area contributed by atoms with Gasteiger partial charge in [0.15, 0.2) is 0 Å². The van der Waals surface area contributed by atoms with Crippen molar-refractivity contribution in [2.45, 2.75) is 58.0 Å². The van der Waals surface area contributed by atoms with E-state index in [1.807, 2.05) is 0 Å². The fraction of sp³-hybridized carbons (Fsp3) is 0.917. The zero-order valence-electron chi connectivity index (χ0n) is 10.2. The molecule has 0 fully saturated rings. The van der Waals surface area contributed by atoms with Crippen molar-refractivity contribution in [3.63, 3.8) is 0 Å². The summed E-state index contributed by atoms with van der Waals surface area (Å²) in [7, 11) is 0. The summed E-state index contributed by atoms with van der Waals surface area (Å²) >= 11 is 0. The lowest BCUT2D eigenvalue weighted by Gasteiger charge is -2.12. The first-order chi connectivity index (χ1) is 7.74. The quantitative estimate of drug-likeness (QED) is 0.444. The number of ether oxygens (including phenoxy) is 1. The zero-order valence-corrected chi connectivity index (χ0v) is 10.2. The van der Waals surface area contributed by atoms with E-state index in [1.165, 1.54) is 19.3 Å². The van der Waals surface area contributed by atoms with Crippen LogP contribution in [0.5, 0.6) is 0 Å². The Morgan fingerprint density at radius 3 is 2.19 bits per heavy atom. The number of aliphatic hydroxyl groups excluding tert-OH is 2. The van der Waals surface area contributed by atoms with Crippen LogP contribution in [0.15, 0.2) is 0 Å². The Hall–Kier alpha value is -0.610. The lowest BCUT2D eigenvalue weighted by Crippen LogP contribution is -2.25. The Morgan fingerprint density at radius 1 is 1.06 bits per heavy atom. The number of unbranched alkanes of at least 4 members (excludes halogenated alkanes) is 5. The number of rotatable bonds is 10. The van der Waals surface area contributed by atoms with Crippen molar-refractivity contribution >= 4 is 5.97 Å². The van der Waals surface area contributed by atoms with E-state index in [2.05, 4.69) is 6.92 Å². The van der Waals surface area contributed by atoms with Gasteiger partial charge in [-0.25, -0.2) is 0 Å². The Labute approximate surface area is 97.6 Å². The molecule has 0 heterocycles. The SMILES string of the molecule is CCCCCCCCC(=O)OC(CO)CO. The lowest BCUT2D eigenvalue weighted by atomic mass is 10.1. The molecule has 0 rings (SSSR count). The smallest absolute Gasteiger partial charge is 0.306 e. The molecule has 0 bridgehead atoms. The van der Waals surface area contributed by atoms with Gasteiger partial charge >= 0.3 is 5.97 Å². The normalized spacial score (nSPS) is 10.8. The first-order valence-electron chi connectivity index (χ1n) is 6.15. The van der Waals surface area contributed by atoms with E-state index in [0.29, 0.717) is 6.42 Å². The number of carbonyl (C=O) groups is 1. The van der Waals surface area contributed by atoms with Crippen LogP contribution in [-0.2, 0) is 9.53 Å². The summed E-state index contributed by atoms with van der Waals surface area (Å²) < 4.78 is 4.84. The summed E-state index contributed by atoms with van der Waals surface area (Å²) in [6.45, 7) is 1.53. The molecule has 0 aliphatic carbocycles. The first-order valence-corrected chi connectivity index (χ1v) is 6.15. The van der Waals surface area contributed by atoms with Gasteiger partial charge in [-0.05, 0) is 6.42 Å². The average Bonchev–Trinajstić information content (AvgIpc) is 2.30. The van der Waals surface area contributed by atoms with Gasteiger partial charge in [-0.1, -0.05) is 39.0 Å². The fourth-order valence-corrected chi connectivity index (χ4v) is 1.43. The Kier molecular flexibility index (Phi) is 10.5. The third-order valence-corrected chi connectivity index (χ3v) is 2.44. The minimum Gasteiger partial charge on any atom is -0.457 e. The molecule has 0 aliphatic heterocycles. The van der Waals surface area contributed by atoms with E-state index in [0.717, 1.165) is 19.3 Å². The van der Waals surface area contributed by atoms with Gasteiger partial charge < -0.3 is 14.9 Å². The lowest BCUT2D eigenvalue weighted by molar-refractivity contribution is -0.153. The largest absolute Gasteiger partial charge is 0.457 e. The van der Waals surface area contributed by atoms with Crippen LogP contribution in [0.2, 0.25) is 0 Å². The molecule has 0 aromatic carbocycles. The van der Waals surface area contributed by atoms with Crippen molar-refractivity contribution in [2.75, 3.05) is 13.2 Å². The summed E-state index contributed by atoms with van der Waals surface area (Å²) in [5.74, 6) is -0.330. The van der Waals surface area contributed by atoms with Gasteiger partial charge in [0.2, 0.25) is 0 Å². The van der Waals surface area contributed by atoms with Crippen molar-refractivity contribution in [3.8, 4) is 0 Å². The van der Waals surface area contributed by atoms with E-state index in [1.54, 1.807) is 0 Å². The summed E-state index contributed by atoms with van der Waals surface area (Å²) in [4.78, 5) is 11.2. The molecule has 0 atom stereocenters. The highest BCUT2D eigenvalue weighted by atomic mass is 16.6. The molecule has 96 valence electrons. The van der Waals surface area contributed by atoms with E-state index >= 15 is 0 Å². The predicted octanol–water partition coefficient (Wildman–Crippen LogP) is 1.63. The van der Waals surface area contributed by atoms with Crippen LogP contribution in [0, 0.1) is 0 Å². The van der Waals surface area contributed by atoms with Gasteiger partial charge in [-0.2, -0.15) is 0 Å². The zero-order chi connectivity index (χ0) is 12.2. The molecule has 0 saturated carbocycles. The predicted molar refractivity (Wildman–Crippen MR) is 62.0 cm³/mol. The second-order valence-corrected chi connectivity index (χ2v) is 3.99. The van der Waals surface area contributed by atoms with Gasteiger partial charge in [0.05, 0.1) is 13.2 Å². The fourth-order valence-electron chi connectivity index (χ4n) is 1.43. The number of esters is 1. The van der Waals surface area contributed by atoms with Crippen molar-refractivity contribution in [1.29, 1.82) is 0 Å². The minimum atomic E-state index is -0.757. The topological polar surface area (TPSA) is 66.8 Å². The van der Waals surface area contributed by atoms with E-state index < -0.39 is 6.10 Å². The number of hydrogen-bond donors (Lipinski definition) is 2. The van der Waals surface area contributed by atoms with E-state index in [-0.39, 0.29) is 19.2 Å². The summed E-state index contributed by atoms with van der Waals surface area (Å²) in [5, 5.41) is 17.4. The van der Waals surface area contributed by atoms with E-state index in [4.69, 9.17) is 14.9 Å². The Balaban J connectivity index is 3.36. The van der Waals surface area contributed by atoms with Gasteiger partial charge in [0.1, 0.15) is 6.10 Å². The molecular weight excluding hydrogens is 208 g/mol. The van der Waals surface area contributed by atoms with Gasteiger partial charge in [0.25, 0.3) is 0 Å². The third kappa shape index (κ3) is 8.68. The highest BCUT2D eigenvalue weighted by molar-refractivity contribution is 5.69. The molecule has 2 N–H and O–H groups in total. The van der Waals surface area contributed by atoms with Crippen molar-refractivity contribution in [1.82, 2.24) is 0 Å². The molecule has 0 amide bonds. The van der Waals surface area contributed by atoms with Crippen LogP contribution < -0.4 is 0 Å². The Morgan fingerprint density at radius 2 is 1.62 bits per heavy atom. The average molecular weight is 232 g/mol. The monoisotopic (exact) mass is 232 g/mol. The highest BCUT2D eigenvalue weighted by Crippen LogP contribution is 2.08. The van der Waals surface area contributed by atoms with Crippen molar-refractivity contribution < 1.29 is 19.7 Å². The van der Waals surface area contributed by atoms with Crippen molar-refractivity contribution in [2.24, 2.45) is 0 Å². The maximum Gasteiger partial charge on any atom is 0.306 e. The van der Waals surface area contributed by atoms with Gasteiger partial charge in [-0.15, -0.1) is 0 Å². The number of hydrogen-bond acceptors (Lipinski definition) is 4. The van der Waals surface area contributed by atoms with Gasteiger partial charge in [0, 0.05) is 6.42 Å². The molecule has 0 spiro atoms. The summed E-state index contributed by atoms with van der Waals surface area (Å²) in [6.07, 6.45) is 6.34. The molecule has 4 nitrogen and oxygen atoms in total. The number of aliphatic hydroxyl groups is 2. The molecular formula is C12H24O4.